The van der Waals surface area contributed by atoms with Crippen LogP contribution < -0.4 is 4.90 Å². The predicted octanol–water partition coefficient (Wildman–Crippen LogP) is 5.70. The summed E-state index contributed by atoms with van der Waals surface area (Å²) in [4.78, 5) is 29.2. The SMILES string of the molecule is Cc1ccc2sc(N(Cc3ccccc3)C(=O)c3cnc4ccccc4n3)nc2c1C. The number of rotatable bonds is 4. The minimum Gasteiger partial charge on any atom is -0.278 e. The lowest BCUT2D eigenvalue weighted by Crippen LogP contribution is -2.31. The second-order valence-corrected chi connectivity index (χ2v) is 8.48. The molecular formula is C25H20N4OS. The Morgan fingerprint density at radius 1 is 0.903 bits per heavy atom. The van der Waals surface area contributed by atoms with Gasteiger partial charge in [-0.15, -0.1) is 0 Å². The molecule has 0 aliphatic carbocycles. The largest absolute Gasteiger partial charge is 0.280 e. The van der Waals surface area contributed by atoms with Gasteiger partial charge in [0.25, 0.3) is 5.91 Å². The zero-order valence-electron chi connectivity index (χ0n) is 17.2. The van der Waals surface area contributed by atoms with E-state index < -0.39 is 0 Å². The van der Waals surface area contributed by atoms with E-state index in [1.165, 1.54) is 16.9 Å². The topological polar surface area (TPSA) is 59.0 Å². The number of nitrogens with zero attached hydrogens (tertiary/aromatic N) is 4. The Morgan fingerprint density at radius 2 is 1.65 bits per heavy atom. The number of carbonyl (C=O) groups excluding carboxylic acids is 1. The van der Waals surface area contributed by atoms with Gasteiger partial charge < -0.3 is 0 Å². The molecule has 0 N–H and O–H groups in total. The lowest BCUT2D eigenvalue weighted by Gasteiger charge is -2.19. The fraction of sp³-hybridized carbons (Fsp3) is 0.120. The van der Waals surface area contributed by atoms with Crippen LogP contribution in [0.5, 0.6) is 0 Å². The third-order valence-corrected chi connectivity index (χ3v) is 6.44. The van der Waals surface area contributed by atoms with Gasteiger partial charge in [0, 0.05) is 0 Å². The quantitative estimate of drug-likeness (QED) is 0.371. The number of aromatic nitrogens is 3. The summed E-state index contributed by atoms with van der Waals surface area (Å²) in [5.41, 5.74) is 6.06. The third kappa shape index (κ3) is 3.66. The molecule has 0 aliphatic rings. The van der Waals surface area contributed by atoms with Crippen LogP contribution in [0.2, 0.25) is 0 Å². The van der Waals surface area contributed by atoms with Crippen LogP contribution >= 0.6 is 11.3 Å². The summed E-state index contributed by atoms with van der Waals surface area (Å²) in [5.74, 6) is -0.212. The summed E-state index contributed by atoms with van der Waals surface area (Å²) in [6.45, 7) is 4.55. The molecule has 152 valence electrons. The molecule has 0 radical (unpaired) electrons. The highest BCUT2D eigenvalue weighted by atomic mass is 32.1. The highest BCUT2D eigenvalue weighted by Crippen LogP contribution is 2.33. The molecule has 5 rings (SSSR count). The summed E-state index contributed by atoms with van der Waals surface area (Å²) in [7, 11) is 0. The Hall–Kier alpha value is -3.64. The van der Waals surface area contributed by atoms with E-state index in [4.69, 9.17) is 4.98 Å². The fourth-order valence-electron chi connectivity index (χ4n) is 3.52. The lowest BCUT2D eigenvalue weighted by atomic mass is 10.1. The summed E-state index contributed by atoms with van der Waals surface area (Å²) in [6, 6.07) is 21.6. The van der Waals surface area contributed by atoms with Crippen LogP contribution in [0.1, 0.15) is 27.2 Å². The van der Waals surface area contributed by atoms with Crippen LogP contribution in [-0.2, 0) is 6.54 Å². The molecular weight excluding hydrogens is 404 g/mol. The Bertz CT molecular complexity index is 1410. The van der Waals surface area contributed by atoms with Crippen LogP contribution in [0.4, 0.5) is 5.13 Å². The van der Waals surface area contributed by atoms with E-state index >= 15 is 0 Å². The van der Waals surface area contributed by atoms with Gasteiger partial charge in [0.05, 0.1) is 34.0 Å². The van der Waals surface area contributed by atoms with Gasteiger partial charge in [-0.25, -0.2) is 9.97 Å². The Kier molecular flexibility index (Phi) is 4.92. The first-order chi connectivity index (χ1) is 15.1. The van der Waals surface area contributed by atoms with Gasteiger partial charge in [0.15, 0.2) is 5.13 Å². The number of amides is 1. The number of para-hydroxylation sites is 2. The molecule has 0 aliphatic heterocycles. The minimum atomic E-state index is -0.212. The molecule has 0 spiro atoms. The first-order valence-electron chi connectivity index (χ1n) is 10.0. The molecule has 2 aromatic heterocycles. The van der Waals surface area contributed by atoms with E-state index in [2.05, 4.69) is 35.9 Å². The van der Waals surface area contributed by atoms with Gasteiger partial charge >= 0.3 is 0 Å². The van der Waals surface area contributed by atoms with Crippen molar-refractivity contribution in [3.05, 3.63) is 95.3 Å². The van der Waals surface area contributed by atoms with Crippen molar-refractivity contribution in [2.75, 3.05) is 4.90 Å². The minimum absolute atomic E-state index is 0.212. The molecule has 0 atom stereocenters. The molecule has 1 amide bonds. The van der Waals surface area contributed by atoms with Gasteiger partial charge in [-0.1, -0.05) is 59.9 Å². The molecule has 5 aromatic rings. The van der Waals surface area contributed by atoms with Crippen LogP contribution in [-0.4, -0.2) is 20.9 Å². The molecule has 3 aromatic carbocycles. The molecule has 0 fully saturated rings. The summed E-state index contributed by atoms with van der Waals surface area (Å²) in [5, 5.41) is 0.660. The number of hydrogen-bond donors (Lipinski definition) is 0. The second-order valence-electron chi connectivity index (χ2n) is 7.47. The predicted molar refractivity (Wildman–Crippen MR) is 126 cm³/mol. The molecule has 6 heteroatoms. The highest BCUT2D eigenvalue weighted by Gasteiger charge is 2.24. The fourth-order valence-corrected chi connectivity index (χ4v) is 4.54. The van der Waals surface area contributed by atoms with Crippen molar-refractivity contribution >= 4 is 43.6 Å². The van der Waals surface area contributed by atoms with Gasteiger partial charge in [-0.3, -0.25) is 14.7 Å². The molecule has 31 heavy (non-hydrogen) atoms. The number of anilines is 1. The summed E-state index contributed by atoms with van der Waals surface area (Å²) < 4.78 is 1.06. The zero-order valence-corrected chi connectivity index (χ0v) is 18.1. The first kappa shape index (κ1) is 19.3. The van der Waals surface area contributed by atoms with Crippen LogP contribution in [0.15, 0.2) is 72.9 Å². The van der Waals surface area contributed by atoms with Gasteiger partial charge in [0.1, 0.15) is 5.69 Å². The maximum absolute atomic E-state index is 13.6. The maximum Gasteiger partial charge on any atom is 0.280 e. The molecule has 0 saturated carbocycles. The van der Waals surface area contributed by atoms with E-state index in [9.17, 15) is 4.79 Å². The standard InChI is InChI=1S/C25H20N4OS/c1-16-12-13-22-23(17(16)2)28-25(31-22)29(15-18-8-4-3-5-9-18)24(30)21-14-26-19-10-6-7-11-20(19)27-21/h3-14H,15H2,1-2H3. The van der Waals surface area contributed by atoms with Crippen molar-refractivity contribution < 1.29 is 4.79 Å². The molecule has 5 nitrogen and oxygen atoms in total. The van der Waals surface area contributed by atoms with E-state index in [-0.39, 0.29) is 5.91 Å². The number of hydrogen-bond acceptors (Lipinski definition) is 5. The van der Waals surface area contributed by atoms with Crippen molar-refractivity contribution in [1.29, 1.82) is 0 Å². The maximum atomic E-state index is 13.6. The molecule has 2 heterocycles. The van der Waals surface area contributed by atoms with Crippen molar-refractivity contribution in [3.63, 3.8) is 0 Å². The molecule has 0 saturated heterocycles. The second kappa shape index (κ2) is 7.89. The molecule has 0 bridgehead atoms. The molecule has 0 unspecified atom stereocenters. The summed E-state index contributed by atoms with van der Waals surface area (Å²) in [6.07, 6.45) is 1.55. The van der Waals surface area contributed by atoms with Crippen LogP contribution in [0.25, 0.3) is 21.3 Å². The van der Waals surface area contributed by atoms with Gasteiger partial charge in [0.2, 0.25) is 0 Å². The number of fused-ring (bicyclic) bond motifs is 2. The van der Waals surface area contributed by atoms with Gasteiger partial charge in [-0.2, -0.15) is 0 Å². The van der Waals surface area contributed by atoms with Crippen LogP contribution in [0, 0.1) is 13.8 Å². The van der Waals surface area contributed by atoms with Crippen molar-refractivity contribution in [2.24, 2.45) is 0 Å². The smallest absolute Gasteiger partial charge is 0.278 e. The number of aryl methyl sites for hydroxylation is 2. The number of benzene rings is 3. The number of thiazole rings is 1. The van der Waals surface area contributed by atoms with Crippen molar-refractivity contribution in [1.82, 2.24) is 15.0 Å². The average molecular weight is 425 g/mol. The van der Waals surface area contributed by atoms with E-state index in [0.29, 0.717) is 22.9 Å². The average Bonchev–Trinajstić information content (AvgIpc) is 3.25. The zero-order chi connectivity index (χ0) is 21.4. The van der Waals surface area contributed by atoms with E-state index in [1.807, 2.05) is 54.6 Å². The van der Waals surface area contributed by atoms with Crippen LogP contribution in [0.3, 0.4) is 0 Å². The summed E-state index contributed by atoms with van der Waals surface area (Å²) >= 11 is 1.52. The van der Waals surface area contributed by atoms with E-state index in [1.54, 1.807) is 11.1 Å². The van der Waals surface area contributed by atoms with Gasteiger partial charge in [-0.05, 0) is 48.7 Å². The Balaban J connectivity index is 1.61. The Labute approximate surface area is 184 Å². The van der Waals surface area contributed by atoms with Crippen molar-refractivity contribution in [2.45, 2.75) is 20.4 Å². The number of carbonyl (C=O) groups is 1. The lowest BCUT2D eigenvalue weighted by molar-refractivity contribution is 0.0980. The van der Waals surface area contributed by atoms with Crippen molar-refractivity contribution in [3.8, 4) is 0 Å². The highest BCUT2D eigenvalue weighted by molar-refractivity contribution is 7.22. The first-order valence-corrected chi connectivity index (χ1v) is 10.9. The third-order valence-electron chi connectivity index (χ3n) is 5.40. The normalized spacial score (nSPS) is 11.2. The Morgan fingerprint density at radius 3 is 2.45 bits per heavy atom. The van der Waals surface area contributed by atoms with E-state index in [0.717, 1.165) is 26.9 Å². The monoisotopic (exact) mass is 424 g/mol.